The molecule has 0 aliphatic carbocycles. The van der Waals surface area contributed by atoms with Crippen LogP contribution in [0.3, 0.4) is 0 Å². The Kier molecular flexibility index (Phi) is 6.19. The molecule has 3 aromatic rings. The highest BCUT2D eigenvalue weighted by molar-refractivity contribution is 5.91. The lowest BCUT2D eigenvalue weighted by Crippen LogP contribution is -2.39. The van der Waals surface area contributed by atoms with Gasteiger partial charge in [0, 0.05) is 13.5 Å². The number of cyclic esters (lactones) is 1. The van der Waals surface area contributed by atoms with Gasteiger partial charge in [-0.05, 0) is 29.5 Å². The van der Waals surface area contributed by atoms with Gasteiger partial charge in [0.2, 0.25) is 0 Å². The number of benzene rings is 3. The van der Waals surface area contributed by atoms with Gasteiger partial charge in [0.05, 0.1) is 0 Å². The zero-order valence-corrected chi connectivity index (χ0v) is 17.5. The van der Waals surface area contributed by atoms with Gasteiger partial charge in [0.25, 0.3) is 0 Å². The maximum Gasteiger partial charge on any atom is 0.341 e. The van der Waals surface area contributed by atoms with Gasteiger partial charge in [-0.2, -0.15) is 0 Å². The van der Waals surface area contributed by atoms with Gasteiger partial charge in [-0.25, -0.2) is 4.79 Å². The third kappa shape index (κ3) is 4.39. The number of carbonyl (C=O) groups excluding carboxylic acids is 1. The third-order valence-corrected chi connectivity index (χ3v) is 5.83. The van der Waals surface area contributed by atoms with Crippen molar-refractivity contribution in [1.82, 2.24) is 0 Å². The molecule has 1 aliphatic heterocycles. The van der Waals surface area contributed by atoms with E-state index in [1.165, 1.54) is 7.11 Å². The van der Waals surface area contributed by atoms with Crippen LogP contribution < -0.4 is 0 Å². The molecule has 0 amide bonds. The summed E-state index contributed by atoms with van der Waals surface area (Å²) < 4.78 is 11.7. The zero-order chi connectivity index (χ0) is 21.7. The van der Waals surface area contributed by atoms with Crippen molar-refractivity contribution in [2.75, 3.05) is 7.11 Å². The molecule has 0 aromatic heterocycles. The van der Waals surface area contributed by atoms with Gasteiger partial charge in [-0.15, -0.1) is 0 Å². The summed E-state index contributed by atoms with van der Waals surface area (Å²) in [6.45, 7) is 0. The largest absolute Gasteiger partial charge is 0.511 e. The second-order valence-corrected chi connectivity index (χ2v) is 7.80. The number of aliphatic hydroxyl groups is 1. The normalized spacial score (nSPS) is 19.7. The van der Waals surface area contributed by atoms with Crippen LogP contribution in [0.15, 0.2) is 102 Å². The summed E-state index contributed by atoms with van der Waals surface area (Å²) in [6, 6.07) is 29.1. The van der Waals surface area contributed by atoms with Crippen molar-refractivity contribution in [3.05, 3.63) is 119 Å². The predicted molar refractivity (Wildman–Crippen MR) is 119 cm³/mol. The molecule has 1 N–H and O–H groups in total. The van der Waals surface area contributed by atoms with Gasteiger partial charge < -0.3 is 14.6 Å². The maximum absolute atomic E-state index is 13.3. The van der Waals surface area contributed by atoms with Crippen molar-refractivity contribution in [2.24, 2.45) is 0 Å². The highest BCUT2D eigenvalue weighted by atomic mass is 16.6. The van der Waals surface area contributed by atoms with Crippen molar-refractivity contribution in [3.8, 4) is 0 Å². The fourth-order valence-corrected chi connectivity index (χ4v) is 4.24. The molecular weight excluding hydrogens is 388 g/mol. The molecule has 2 atom stereocenters. The molecule has 0 radical (unpaired) electrons. The molecule has 0 bridgehead atoms. The standard InChI is InChI=1S/C27H26O4/c1-30-25(21-13-7-3-8-14-21)24-23(28)19-27(31-26(24)29,22-15-9-4-10-16-22)18-17-20-11-5-2-6-12-20/h2-16,25,28H,17-19H2,1H3. The van der Waals surface area contributed by atoms with Gasteiger partial charge in [-0.1, -0.05) is 91.0 Å². The molecule has 4 heteroatoms. The van der Waals surface area contributed by atoms with Crippen LogP contribution in [0, 0.1) is 0 Å². The lowest BCUT2D eigenvalue weighted by Gasteiger charge is -2.39. The second-order valence-electron chi connectivity index (χ2n) is 7.80. The van der Waals surface area contributed by atoms with E-state index in [2.05, 4.69) is 12.1 Å². The molecule has 4 nitrogen and oxygen atoms in total. The van der Waals surface area contributed by atoms with Crippen molar-refractivity contribution in [1.29, 1.82) is 0 Å². The summed E-state index contributed by atoms with van der Waals surface area (Å²) in [6.07, 6.45) is 0.805. The fraction of sp³-hybridized carbons (Fsp3) is 0.222. The molecule has 0 saturated carbocycles. The van der Waals surface area contributed by atoms with Crippen molar-refractivity contribution in [2.45, 2.75) is 31.0 Å². The number of aliphatic hydroxyl groups excluding tert-OH is 1. The smallest absolute Gasteiger partial charge is 0.341 e. The van der Waals surface area contributed by atoms with Crippen LogP contribution in [0.5, 0.6) is 0 Å². The number of ether oxygens (including phenoxy) is 2. The number of hydrogen-bond donors (Lipinski definition) is 1. The summed E-state index contributed by atoms with van der Waals surface area (Å²) in [5, 5.41) is 11.1. The number of esters is 1. The lowest BCUT2D eigenvalue weighted by atomic mass is 9.80. The van der Waals surface area contributed by atoms with Crippen LogP contribution >= 0.6 is 0 Å². The Morgan fingerprint density at radius 3 is 2.10 bits per heavy atom. The predicted octanol–water partition coefficient (Wildman–Crippen LogP) is 5.66. The van der Waals surface area contributed by atoms with Crippen molar-refractivity contribution < 1.29 is 19.4 Å². The first-order valence-corrected chi connectivity index (χ1v) is 10.5. The molecular formula is C27H26O4. The number of rotatable bonds is 7. The molecule has 0 spiro atoms. The first-order chi connectivity index (χ1) is 15.1. The zero-order valence-electron chi connectivity index (χ0n) is 17.5. The number of hydrogen-bond acceptors (Lipinski definition) is 4. The van der Waals surface area contributed by atoms with Gasteiger partial charge in [0.1, 0.15) is 23.0 Å². The van der Waals surface area contributed by atoms with Crippen LogP contribution in [0.2, 0.25) is 0 Å². The molecule has 0 saturated heterocycles. The highest BCUT2D eigenvalue weighted by Gasteiger charge is 2.45. The van der Waals surface area contributed by atoms with E-state index in [0.29, 0.717) is 6.42 Å². The number of carbonyl (C=O) groups is 1. The van der Waals surface area contributed by atoms with E-state index in [-0.39, 0.29) is 17.8 Å². The summed E-state index contributed by atoms with van der Waals surface area (Å²) in [7, 11) is 1.53. The van der Waals surface area contributed by atoms with E-state index < -0.39 is 17.7 Å². The molecule has 4 rings (SSSR count). The minimum absolute atomic E-state index is 0.0175. The Hall–Kier alpha value is -3.37. The van der Waals surface area contributed by atoms with Crippen LogP contribution in [-0.2, 0) is 26.3 Å². The fourth-order valence-electron chi connectivity index (χ4n) is 4.24. The lowest BCUT2D eigenvalue weighted by molar-refractivity contribution is -0.163. The molecule has 1 aliphatic rings. The third-order valence-electron chi connectivity index (χ3n) is 5.83. The first kappa shape index (κ1) is 20.9. The van der Waals surface area contributed by atoms with E-state index in [0.717, 1.165) is 23.1 Å². The Labute approximate surface area is 182 Å². The summed E-state index contributed by atoms with van der Waals surface area (Å²) in [5.41, 5.74) is 2.05. The quantitative estimate of drug-likeness (QED) is 0.507. The number of methoxy groups -OCH3 is 1. The Morgan fingerprint density at radius 2 is 1.52 bits per heavy atom. The Bertz CT molecular complexity index is 1040. The SMILES string of the molecule is COC(C1=C(O)CC(CCc2ccccc2)(c2ccccc2)OC1=O)c1ccccc1. The first-order valence-electron chi connectivity index (χ1n) is 10.5. The second kappa shape index (κ2) is 9.19. The maximum atomic E-state index is 13.3. The summed E-state index contributed by atoms with van der Waals surface area (Å²) in [5.74, 6) is -0.528. The Balaban J connectivity index is 1.70. The molecule has 1 heterocycles. The Morgan fingerprint density at radius 1 is 0.935 bits per heavy atom. The molecule has 0 fully saturated rings. The van der Waals surface area contributed by atoms with Crippen LogP contribution in [0.4, 0.5) is 0 Å². The van der Waals surface area contributed by atoms with E-state index in [9.17, 15) is 9.90 Å². The van der Waals surface area contributed by atoms with Crippen LogP contribution in [-0.4, -0.2) is 18.2 Å². The number of aryl methyl sites for hydroxylation is 1. The minimum atomic E-state index is -0.934. The molecule has 31 heavy (non-hydrogen) atoms. The average Bonchev–Trinajstić information content (AvgIpc) is 2.82. The van der Waals surface area contributed by atoms with E-state index in [1.807, 2.05) is 78.9 Å². The van der Waals surface area contributed by atoms with E-state index in [1.54, 1.807) is 0 Å². The molecule has 3 aromatic carbocycles. The minimum Gasteiger partial charge on any atom is -0.511 e. The van der Waals surface area contributed by atoms with E-state index in [4.69, 9.17) is 9.47 Å². The topological polar surface area (TPSA) is 55.8 Å². The average molecular weight is 415 g/mol. The van der Waals surface area contributed by atoms with E-state index >= 15 is 0 Å². The van der Waals surface area contributed by atoms with Crippen molar-refractivity contribution >= 4 is 5.97 Å². The van der Waals surface area contributed by atoms with Gasteiger partial charge in [-0.3, -0.25) is 0 Å². The highest BCUT2D eigenvalue weighted by Crippen LogP contribution is 2.44. The van der Waals surface area contributed by atoms with Gasteiger partial charge in [0.15, 0.2) is 0 Å². The van der Waals surface area contributed by atoms with Crippen LogP contribution in [0.1, 0.15) is 35.6 Å². The summed E-state index contributed by atoms with van der Waals surface area (Å²) >= 11 is 0. The molecule has 2 unspecified atom stereocenters. The van der Waals surface area contributed by atoms with Crippen molar-refractivity contribution in [3.63, 3.8) is 0 Å². The van der Waals surface area contributed by atoms with Gasteiger partial charge >= 0.3 is 5.97 Å². The monoisotopic (exact) mass is 414 g/mol. The summed E-state index contributed by atoms with van der Waals surface area (Å²) in [4.78, 5) is 13.3. The molecule has 158 valence electrons. The van der Waals surface area contributed by atoms with Crippen LogP contribution in [0.25, 0.3) is 0 Å².